The molecule has 100 valence electrons. The van der Waals surface area contributed by atoms with Crippen molar-refractivity contribution in [2.45, 2.75) is 27.7 Å². The Bertz CT molecular complexity index is 178. The van der Waals surface area contributed by atoms with Crippen LogP contribution in [0.3, 0.4) is 0 Å². The van der Waals surface area contributed by atoms with Crippen LogP contribution in [0.1, 0.15) is 27.7 Å². The summed E-state index contributed by atoms with van der Waals surface area (Å²) in [6.07, 6.45) is 0. The molecular formula is C9H25N2O4P. The van der Waals surface area contributed by atoms with Crippen LogP contribution in [0.15, 0.2) is 0 Å². The predicted octanol–water partition coefficient (Wildman–Crippen LogP) is 2.02. The van der Waals surface area contributed by atoms with E-state index < -0.39 is 7.75 Å². The van der Waals surface area contributed by atoms with Gasteiger partial charge < -0.3 is 4.74 Å². The first kappa shape index (κ1) is 18.4. The number of morpholine rings is 1. The second-order valence-electron chi connectivity index (χ2n) is 2.32. The smallest absolute Gasteiger partial charge is 0.379 e. The SMILES string of the molecule is CC.CC.COP(=O)(ON)N1CCOCC1. The number of ether oxygens (including phenoxy) is 1. The van der Waals surface area contributed by atoms with E-state index in [9.17, 15) is 4.57 Å². The van der Waals surface area contributed by atoms with Gasteiger partial charge in [-0.15, -0.1) is 0 Å². The lowest BCUT2D eigenvalue weighted by Gasteiger charge is -2.30. The van der Waals surface area contributed by atoms with E-state index in [4.69, 9.17) is 15.2 Å². The van der Waals surface area contributed by atoms with E-state index in [2.05, 4.69) is 4.62 Å². The number of hydrogen-bond donors (Lipinski definition) is 1. The van der Waals surface area contributed by atoms with Crippen molar-refractivity contribution in [1.29, 1.82) is 0 Å². The minimum atomic E-state index is -3.23. The Hall–Kier alpha value is 0.0300. The van der Waals surface area contributed by atoms with Gasteiger partial charge in [-0.3, -0.25) is 4.52 Å². The molecule has 0 radical (unpaired) electrons. The van der Waals surface area contributed by atoms with Crippen molar-refractivity contribution in [3.05, 3.63) is 0 Å². The molecule has 2 N–H and O–H groups in total. The molecule has 0 spiro atoms. The molecule has 0 aromatic heterocycles. The number of nitrogens with zero attached hydrogens (tertiary/aromatic N) is 1. The first-order chi connectivity index (χ1) is 7.73. The van der Waals surface area contributed by atoms with Gasteiger partial charge in [-0.1, -0.05) is 27.7 Å². The maximum absolute atomic E-state index is 11.6. The van der Waals surface area contributed by atoms with Gasteiger partial charge in [0.25, 0.3) is 0 Å². The van der Waals surface area contributed by atoms with Crippen LogP contribution in [0.5, 0.6) is 0 Å². The standard InChI is InChI=1S/C5H13N2O4P.2C2H6/c1-9-12(8,11-6)7-2-4-10-5-3-7;2*1-2/h2-6H2,1H3;2*1-2H3. The van der Waals surface area contributed by atoms with Crippen molar-refractivity contribution in [2.24, 2.45) is 5.90 Å². The lowest BCUT2D eigenvalue weighted by molar-refractivity contribution is 0.0529. The van der Waals surface area contributed by atoms with E-state index in [1.807, 2.05) is 27.7 Å². The first-order valence-corrected chi connectivity index (χ1v) is 7.10. The molecule has 0 bridgehead atoms. The zero-order valence-electron chi connectivity index (χ0n) is 10.9. The number of rotatable bonds is 3. The fourth-order valence-corrected chi connectivity index (χ4v) is 2.13. The van der Waals surface area contributed by atoms with Gasteiger partial charge in [0, 0.05) is 20.2 Å². The minimum Gasteiger partial charge on any atom is -0.379 e. The van der Waals surface area contributed by atoms with Crippen molar-refractivity contribution in [3.8, 4) is 0 Å². The maximum Gasteiger partial charge on any atom is 0.424 e. The van der Waals surface area contributed by atoms with E-state index in [-0.39, 0.29) is 0 Å². The van der Waals surface area contributed by atoms with Crippen LogP contribution in [0.4, 0.5) is 0 Å². The molecule has 16 heavy (non-hydrogen) atoms. The summed E-state index contributed by atoms with van der Waals surface area (Å²) in [5.74, 6) is 4.88. The summed E-state index contributed by atoms with van der Waals surface area (Å²) in [5.41, 5.74) is 0. The summed E-state index contributed by atoms with van der Waals surface area (Å²) in [5, 5.41) is 0. The van der Waals surface area contributed by atoms with E-state index in [0.29, 0.717) is 26.3 Å². The average Bonchev–Trinajstić information content (AvgIpc) is 2.43. The van der Waals surface area contributed by atoms with Crippen molar-refractivity contribution in [2.75, 3.05) is 33.4 Å². The van der Waals surface area contributed by atoms with Crippen molar-refractivity contribution >= 4 is 7.75 Å². The average molecular weight is 256 g/mol. The maximum atomic E-state index is 11.6. The third-order valence-electron chi connectivity index (χ3n) is 1.70. The van der Waals surface area contributed by atoms with Crippen molar-refractivity contribution < 1.29 is 18.5 Å². The Morgan fingerprint density at radius 2 is 1.62 bits per heavy atom. The second kappa shape index (κ2) is 11.5. The summed E-state index contributed by atoms with van der Waals surface area (Å²) in [4.78, 5) is 0. The fraction of sp³-hybridized carbons (Fsp3) is 1.00. The van der Waals surface area contributed by atoms with Crippen LogP contribution in [0, 0.1) is 0 Å². The van der Waals surface area contributed by atoms with Gasteiger partial charge in [0.1, 0.15) is 0 Å². The molecule has 6 nitrogen and oxygen atoms in total. The Labute approximate surface area is 98.6 Å². The Kier molecular flexibility index (Phi) is 13.2. The highest BCUT2D eigenvalue weighted by Crippen LogP contribution is 2.49. The van der Waals surface area contributed by atoms with Gasteiger partial charge in [-0.25, -0.2) is 19.8 Å². The highest BCUT2D eigenvalue weighted by atomic mass is 31.2. The number of nitrogens with two attached hydrogens (primary N) is 1. The van der Waals surface area contributed by atoms with Gasteiger partial charge >= 0.3 is 7.75 Å². The zero-order chi connectivity index (χ0) is 13.0. The molecule has 1 aliphatic heterocycles. The van der Waals surface area contributed by atoms with E-state index >= 15 is 0 Å². The Morgan fingerprint density at radius 3 is 1.94 bits per heavy atom. The lowest BCUT2D eigenvalue weighted by atomic mass is 10.5. The van der Waals surface area contributed by atoms with Crippen molar-refractivity contribution in [1.82, 2.24) is 4.67 Å². The Balaban J connectivity index is 0. The highest BCUT2D eigenvalue weighted by Gasteiger charge is 2.33. The van der Waals surface area contributed by atoms with Crippen LogP contribution in [-0.4, -0.2) is 38.1 Å². The molecule has 1 rings (SSSR count). The molecule has 0 aromatic carbocycles. The van der Waals surface area contributed by atoms with Crippen LogP contribution >= 0.6 is 7.75 Å². The van der Waals surface area contributed by atoms with E-state index in [1.165, 1.54) is 7.11 Å². The van der Waals surface area contributed by atoms with Gasteiger partial charge in [0.15, 0.2) is 0 Å². The van der Waals surface area contributed by atoms with Crippen LogP contribution in [-0.2, 0) is 18.5 Å². The molecule has 1 fully saturated rings. The number of hydrogen-bond acceptors (Lipinski definition) is 5. The van der Waals surface area contributed by atoms with Crippen LogP contribution < -0.4 is 5.90 Å². The first-order valence-electron chi connectivity index (χ1n) is 5.60. The molecule has 7 heteroatoms. The fourth-order valence-electron chi connectivity index (χ4n) is 1.02. The molecule has 1 aliphatic rings. The zero-order valence-corrected chi connectivity index (χ0v) is 11.8. The van der Waals surface area contributed by atoms with Crippen molar-refractivity contribution in [3.63, 3.8) is 0 Å². The molecule has 0 amide bonds. The van der Waals surface area contributed by atoms with E-state index in [0.717, 1.165) is 0 Å². The summed E-state index contributed by atoms with van der Waals surface area (Å²) in [6, 6.07) is 0. The highest BCUT2D eigenvalue weighted by molar-refractivity contribution is 7.51. The predicted molar refractivity (Wildman–Crippen MR) is 65.0 cm³/mol. The molecule has 1 heterocycles. The molecular weight excluding hydrogens is 231 g/mol. The summed E-state index contributed by atoms with van der Waals surface area (Å²) >= 11 is 0. The van der Waals surface area contributed by atoms with Gasteiger partial charge in [0.05, 0.1) is 13.2 Å². The second-order valence-corrected chi connectivity index (χ2v) is 4.40. The summed E-state index contributed by atoms with van der Waals surface area (Å²) < 4.78 is 27.3. The Morgan fingerprint density at radius 1 is 1.19 bits per heavy atom. The normalized spacial score (nSPS) is 19.6. The van der Waals surface area contributed by atoms with Gasteiger partial charge in [-0.05, 0) is 0 Å². The molecule has 1 saturated heterocycles. The van der Waals surface area contributed by atoms with Gasteiger partial charge in [-0.2, -0.15) is 0 Å². The summed E-state index contributed by atoms with van der Waals surface area (Å²) in [7, 11) is -1.92. The van der Waals surface area contributed by atoms with E-state index in [1.54, 1.807) is 4.67 Å². The topological polar surface area (TPSA) is 74.0 Å². The monoisotopic (exact) mass is 256 g/mol. The van der Waals surface area contributed by atoms with Gasteiger partial charge in [0.2, 0.25) is 0 Å². The third-order valence-corrected chi connectivity index (χ3v) is 3.52. The molecule has 1 unspecified atom stereocenters. The minimum absolute atomic E-state index is 0.516. The van der Waals surface area contributed by atoms with Crippen LogP contribution in [0.2, 0.25) is 0 Å². The molecule has 1 atom stereocenters. The molecule has 0 aromatic rings. The molecule has 0 saturated carbocycles. The van der Waals surface area contributed by atoms with Crippen LogP contribution in [0.25, 0.3) is 0 Å². The lowest BCUT2D eigenvalue weighted by Crippen LogP contribution is -2.35. The summed E-state index contributed by atoms with van der Waals surface area (Å²) in [6.45, 7) is 10.1. The quantitative estimate of drug-likeness (QED) is 0.615. The molecule has 0 aliphatic carbocycles. The largest absolute Gasteiger partial charge is 0.424 e. The third kappa shape index (κ3) is 5.94.